The number of aromatic nitrogens is 3. The molecule has 2 aliphatic carbocycles. The summed E-state index contributed by atoms with van der Waals surface area (Å²) in [4.78, 5) is 17.9. The second-order valence-corrected chi connectivity index (χ2v) is 14.6. The lowest BCUT2D eigenvalue weighted by atomic mass is 9.82. The Balaban J connectivity index is 1.04. The average molecular weight is 721 g/mol. The van der Waals surface area contributed by atoms with Crippen molar-refractivity contribution in [3.05, 3.63) is 203 Å². The molecule has 266 valence electrons. The van der Waals surface area contributed by atoms with Crippen LogP contribution in [0.25, 0.3) is 62.8 Å². The first-order chi connectivity index (χ1) is 27.8. The van der Waals surface area contributed by atoms with Gasteiger partial charge < -0.3 is 9.32 Å². The van der Waals surface area contributed by atoms with Crippen LogP contribution in [0.2, 0.25) is 0 Å². The van der Waals surface area contributed by atoms with Gasteiger partial charge in [0.1, 0.15) is 11.2 Å². The molecule has 3 aliphatic rings. The van der Waals surface area contributed by atoms with E-state index in [0.717, 1.165) is 51.5 Å². The molecule has 5 nitrogen and oxygen atoms in total. The zero-order chi connectivity index (χ0) is 37.0. The van der Waals surface area contributed by atoms with Crippen LogP contribution in [0.3, 0.4) is 0 Å². The van der Waals surface area contributed by atoms with Gasteiger partial charge in [0.25, 0.3) is 0 Å². The van der Waals surface area contributed by atoms with Gasteiger partial charge in [-0.2, -0.15) is 0 Å². The Hall–Kier alpha value is -7.11. The lowest BCUT2D eigenvalue weighted by Gasteiger charge is -2.30. The monoisotopic (exact) mass is 720 g/mol. The highest BCUT2D eigenvalue weighted by Crippen LogP contribution is 2.51. The van der Waals surface area contributed by atoms with E-state index >= 15 is 0 Å². The molecule has 8 aromatic rings. The van der Waals surface area contributed by atoms with E-state index in [4.69, 9.17) is 19.4 Å². The molecule has 6 aromatic carbocycles. The maximum Gasteiger partial charge on any atom is 0.164 e. The molecule has 2 atom stereocenters. The number of fused-ring (bicyclic) bond motifs is 7. The lowest BCUT2D eigenvalue weighted by Crippen LogP contribution is -2.35. The third-order valence-corrected chi connectivity index (χ3v) is 11.4. The third kappa shape index (κ3) is 5.43. The lowest BCUT2D eigenvalue weighted by molar-refractivity contribution is 0.508. The zero-order valence-electron chi connectivity index (χ0n) is 30.6. The van der Waals surface area contributed by atoms with Gasteiger partial charge in [0.2, 0.25) is 0 Å². The van der Waals surface area contributed by atoms with Crippen LogP contribution in [-0.4, -0.2) is 21.0 Å². The van der Waals surface area contributed by atoms with Crippen molar-refractivity contribution in [2.75, 3.05) is 4.90 Å². The predicted octanol–water partition coefficient (Wildman–Crippen LogP) is 10.6. The van der Waals surface area contributed by atoms with Crippen molar-refractivity contribution in [1.82, 2.24) is 15.0 Å². The van der Waals surface area contributed by atoms with Gasteiger partial charge in [-0.25, -0.2) is 15.0 Å². The number of para-hydroxylation sites is 1. The minimum atomic E-state index is 0.0960. The van der Waals surface area contributed by atoms with E-state index in [2.05, 4.69) is 163 Å². The topological polar surface area (TPSA) is 55.1 Å². The Morgan fingerprint density at radius 3 is 1.84 bits per heavy atom. The zero-order valence-corrected chi connectivity index (χ0v) is 30.6. The van der Waals surface area contributed by atoms with Crippen molar-refractivity contribution >= 4 is 29.1 Å². The van der Waals surface area contributed by atoms with Gasteiger partial charge in [0, 0.05) is 44.8 Å². The summed E-state index contributed by atoms with van der Waals surface area (Å²) in [6, 6.07) is 57.6. The van der Waals surface area contributed by atoms with Crippen LogP contribution in [0.1, 0.15) is 41.5 Å². The first-order valence-corrected chi connectivity index (χ1v) is 19.3. The Morgan fingerprint density at radius 1 is 0.536 bits per heavy atom. The molecule has 11 rings (SSSR count). The highest BCUT2D eigenvalue weighted by Gasteiger charge is 2.43. The highest BCUT2D eigenvalue weighted by molar-refractivity contribution is 5.81. The Morgan fingerprint density at radius 2 is 1.11 bits per heavy atom. The molecule has 0 radical (unpaired) electrons. The molecular formula is C51H36N4O. The van der Waals surface area contributed by atoms with E-state index in [1.54, 1.807) is 0 Å². The maximum absolute atomic E-state index is 6.92. The van der Waals surface area contributed by atoms with Crippen molar-refractivity contribution in [3.63, 3.8) is 0 Å². The van der Waals surface area contributed by atoms with Crippen LogP contribution in [0.5, 0.6) is 0 Å². The van der Waals surface area contributed by atoms with Crippen LogP contribution in [-0.2, 0) is 0 Å². The molecule has 1 aliphatic heterocycles. The van der Waals surface area contributed by atoms with Gasteiger partial charge >= 0.3 is 0 Å². The normalized spacial score (nSPS) is 16.4. The first kappa shape index (κ1) is 32.3. The minimum absolute atomic E-state index is 0.0960. The predicted molar refractivity (Wildman–Crippen MR) is 225 cm³/mol. The summed E-state index contributed by atoms with van der Waals surface area (Å²) in [5.41, 5.74) is 13.5. The molecule has 0 saturated carbocycles. The number of nitrogens with zero attached hydrogens (tertiary/aromatic N) is 4. The number of hydrogen-bond acceptors (Lipinski definition) is 5. The summed E-state index contributed by atoms with van der Waals surface area (Å²) in [5.74, 6) is 2.97. The number of anilines is 2. The van der Waals surface area contributed by atoms with Gasteiger partial charge in [-0.3, -0.25) is 0 Å². The molecule has 0 spiro atoms. The molecule has 0 N–H and O–H groups in total. The first-order valence-electron chi connectivity index (χ1n) is 19.3. The number of rotatable bonds is 6. The molecule has 3 heterocycles. The fourth-order valence-corrected chi connectivity index (χ4v) is 8.78. The van der Waals surface area contributed by atoms with Crippen LogP contribution in [0.4, 0.5) is 11.4 Å². The molecule has 5 heteroatoms. The molecule has 0 fully saturated rings. The van der Waals surface area contributed by atoms with Crippen molar-refractivity contribution in [1.29, 1.82) is 0 Å². The smallest absolute Gasteiger partial charge is 0.164 e. The van der Waals surface area contributed by atoms with Crippen LogP contribution in [0.15, 0.2) is 174 Å². The second-order valence-electron chi connectivity index (χ2n) is 14.6. The molecule has 2 unspecified atom stereocenters. The summed E-state index contributed by atoms with van der Waals surface area (Å²) < 4.78 is 6.92. The quantitative estimate of drug-likeness (QED) is 0.171. The summed E-state index contributed by atoms with van der Waals surface area (Å²) in [5, 5.41) is 1.16. The largest absolute Gasteiger partial charge is 0.456 e. The molecule has 0 bridgehead atoms. The number of furan rings is 1. The average Bonchev–Trinajstić information content (AvgIpc) is 3.83. The van der Waals surface area contributed by atoms with E-state index in [0.29, 0.717) is 17.5 Å². The summed E-state index contributed by atoms with van der Waals surface area (Å²) in [6.45, 7) is 0. The van der Waals surface area contributed by atoms with E-state index < -0.39 is 0 Å². The van der Waals surface area contributed by atoms with Crippen molar-refractivity contribution < 1.29 is 4.42 Å². The van der Waals surface area contributed by atoms with E-state index in [1.807, 2.05) is 24.3 Å². The van der Waals surface area contributed by atoms with E-state index in [9.17, 15) is 0 Å². The Bertz CT molecular complexity index is 2920. The second kappa shape index (κ2) is 13.3. The fraction of sp³-hybridized carbons (Fsp3) is 0.0784. The third-order valence-electron chi connectivity index (χ3n) is 11.4. The van der Waals surface area contributed by atoms with Gasteiger partial charge in [-0.1, -0.05) is 158 Å². The molecule has 56 heavy (non-hydrogen) atoms. The molecule has 0 saturated heterocycles. The van der Waals surface area contributed by atoms with Gasteiger partial charge in [0.05, 0.1) is 6.04 Å². The fourth-order valence-electron chi connectivity index (χ4n) is 8.78. The molecule has 2 aromatic heterocycles. The standard InChI is InChI=1S/C51H36N4O/c1-4-14-33(15-5-1)35-26-28-37(29-27-35)50-52-49(36-18-8-3-9-19-36)53-51(54-50)42-24-13-23-41-47-45(56-48(41)42)31-30-44-46(47)40-22-10-11-25-43(40)55(44)39-21-12-20-38(32-39)34-16-6-2-7-17-34/h1-12,14-23,25-32,44,46H,13,24H2. The summed E-state index contributed by atoms with van der Waals surface area (Å²) >= 11 is 0. The van der Waals surface area contributed by atoms with Crippen LogP contribution < -0.4 is 15.5 Å². The van der Waals surface area contributed by atoms with Gasteiger partial charge in [-0.15, -0.1) is 0 Å². The van der Waals surface area contributed by atoms with Crippen molar-refractivity contribution in [2.24, 2.45) is 0 Å². The van der Waals surface area contributed by atoms with E-state index in [-0.39, 0.29) is 12.0 Å². The molecular weight excluding hydrogens is 685 g/mol. The van der Waals surface area contributed by atoms with Crippen molar-refractivity contribution in [3.8, 4) is 45.0 Å². The Kier molecular flexibility index (Phi) is 7.69. The van der Waals surface area contributed by atoms with Crippen LogP contribution >= 0.6 is 0 Å². The summed E-state index contributed by atoms with van der Waals surface area (Å²) in [7, 11) is 0. The SMILES string of the molecule is C1=CC2C(c3ccccc3N2c2cccc(-c3ccccc3)c2)c2c1oc1c2=CCCC=1c1nc(-c2ccccc2)nc(-c2ccc(-c3ccccc3)cc2)n1. The number of benzene rings is 6. The number of hydrogen-bond donors (Lipinski definition) is 0. The summed E-state index contributed by atoms with van der Waals surface area (Å²) in [6.07, 6.45) is 8.51. The Labute approximate surface area is 325 Å². The van der Waals surface area contributed by atoms with Gasteiger partial charge in [0.15, 0.2) is 17.5 Å². The van der Waals surface area contributed by atoms with Crippen LogP contribution in [0, 0.1) is 0 Å². The minimum Gasteiger partial charge on any atom is -0.456 e. The molecule has 0 amide bonds. The maximum atomic E-state index is 6.92. The highest BCUT2D eigenvalue weighted by atomic mass is 16.3. The van der Waals surface area contributed by atoms with Crippen molar-refractivity contribution in [2.45, 2.75) is 24.8 Å². The van der Waals surface area contributed by atoms with E-state index in [1.165, 1.54) is 39.2 Å². The van der Waals surface area contributed by atoms with Gasteiger partial charge in [-0.05, 0) is 64.9 Å².